The van der Waals surface area contributed by atoms with Gasteiger partial charge in [-0.25, -0.2) is 0 Å². The number of allylic oxidation sites excluding steroid dienone is 1. The number of nitrogens with one attached hydrogen (secondary N) is 1. The van der Waals surface area contributed by atoms with E-state index < -0.39 is 0 Å². The maximum Gasteiger partial charge on any atom is 0.250 e. The van der Waals surface area contributed by atoms with Crippen LogP contribution in [0.2, 0.25) is 0 Å². The third-order valence-electron chi connectivity index (χ3n) is 4.11. The van der Waals surface area contributed by atoms with Gasteiger partial charge in [0.1, 0.15) is 11.4 Å². The fourth-order valence-electron chi connectivity index (χ4n) is 2.74. The molecule has 0 aliphatic rings. The number of nitriles is 2. The van der Waals surface area contributed by atoms with Crippen LogP contribution in [0.4, 0.5) is 11.6 Å². The lowest BCUT2D eigenvalue weighted by atomic mass is 10.1. The maximum absolute atomic E-state index is 8.89. The molecular formula is C22H18N6O. The van der Waals surface area contributed by atoms with Crippen LogP contribution in [0.3, 0.4) is 0 Å². The second kappa shape index (κ2) is 8.64. The van der Waals surface area contributed by atoms with Gasteiger partial charge in [0, 0.05) is 11.8 Å². The molecule has 29 heavy (non-hydrogen) atoms. The van der Waals surface area contributed by atoms with Crippen molar-refractivity contribution in [3.05, 3.63) is 70.4 Å². The summed E-state index contributed by atoms with van der Waals surface area (Å²) in [5.41, 5.74) is 4.63. The fourth-order valence-corrected chi connectivity index (χ4v) is 2.74. The number of rotatable bonds is 5. The summed E-state index contributed by atoms with van der Waals surface area (Å²) in [6, 6.07) is 14.9. The van der Waals surface area contributed by atoms with E-state index in [2.05, 4.69) is 26.6 Å². The van der Waals surface area contributed by atoms with E-state index in [-0.39, 0.29) is 0 Å². The number of aryl methyl sites for hydroxylation is 3. The monoisotopic (exact) mass is 382 g/mol. The zero-order chi connectivity index (χ0) is 20.8. The predicted molar refractivity (Wildman–Crippen MR) is 110 cm³/mol. The fraction of sp³-hybridized carbons (Fsp3) is 0.136. The summed E-state index contributed by atoms with van der Waals surface area (Å²) in [6.07, 6.45) is 3.19. The average molecular weight is 382 g/mol. The highest BCUT2D eigenvalue weighted by atomic mass is 16.5. The lowest BCUT2D eigenvalue weighted by Gasteiger charge is -2.14. The van der Waals surface area contributed by atoms with E-state index in [1.807, 2.05) is 32.0 Å². The number of anilines is 2. The Morgan fingerprint density at radius 1 is 1.00 bits per heavy atom. The number of nitrogens with zero attached hydrogens (tertiary/aromatic N) is 5. The Bertz CT molecular complexity index is 1130. The third kappa shape index (κ3) is 4.74. The van der Waals surface area contributed by atoms with Crippen molar-refractivity contribution in [3.8, 4) is 23.8 Å². The van der Waals surface area contributed by atoms with Crippen molar-refractivity contribution in [1.29, 1.82) is 10.5 Å². The van der Waals surface area contributed by atoms with Crippen molar-refractivity contribution in [2.75, 3.05) is 5.32 Å². The molecule has 0 aliphatic heterocycles. The zero-order valence-electron chi connectivity index (χ0n) is 16.3. The number of ether oxygens (including phenoxy) is 1. The highest BCUT2D eigenvalue weighted by Gasteiger charge is 2.13. The Labute approximate surface area is 168 Å². The molecule has 3 aromatic rings. The van der Waals surface area contributed by atoms with E-state index >= 15 is 0 Å². The van der Waals surface area contributed by atoms with E-state index in [9.17, 15) is 0 Å². The van der Waals surface area contributed by atoms with Gasteiger partial charge in [0.2, 0.25) is 11.8 Å². The molecule has 0 fully saturated rings. The molecule has 0 radical (unpaired) electrons. The molecular weight excluding hydrogens is 364 g/mol. The van der Waals surface area contributed by atoms with Gasteiger partial charge < -0.3 is 10.1 Å². The van der Waals surface area contributed by atoms with E-state index in [1.54, 1.807) is 37.3 Å². The van der Waals surface area contributed by atoms with Gasteiger partial charge in [0.05, 0.1) is 17.7 Å². The van der Waals surface area contributed by atoms with Crippen LogP contribution in [0.25, 0.3) is 6.08 Å². The van der Waals surface area contributed by atoms with Gasteiger partial charge in [-0.1, -0.05) is 0 Å². The normalized spacial score (nSPS) is 10.4. The zero-order valence-corrected chi connectivity index (χ0v) is 16.3. The summed E-state index contributed by atoms with van der Waals surface area (Å²) in [5, 5.41) is 28.8. The number of hydrogen-bond acceptors (Lipinski definition) is 7. The summed E-state index contributed by atoms with van der Waals surface area (Å²) >= 11 is 0. The largest absolute Gasteiger partial charge is 0.437 e. The van der Waals surface area contributed by atoms with Crippen LogP contribution >= 0.6 is 0 Å². The van der Waals surface area contributed by atoms with Crippen molar-refractivity contribution in [3.63, 3.8) is 0 Å². The standard InChI is InChI=1S/C22H18N6O/c1-14-11-18(5-4-10-23)12-15(2)20(14)29-21-16(3)27-28-22(26-21)25-19-8-6-17(13-24)7-9-19/h4-9,11-12H,1-3H3,(H,25,26,28)/b5-4+. The summed E-state index contributed by atoms with van der Waals surface area (Å²) < 4.78 is 6.06. The second-order valence-corrected chi connectivity index (χ2v) is 6.39. The van der Waals surface area contributed by atoms with Gasteiger partial charge in [-0.05, 0) is 79.9 Å². The molecule has 1 heterocycles. The van der Waals surface area contributed by atoms with Crippen LogP contribution in [0.15, 0.2) is 42.5 Å². The second-order valence-electron chi connectivity index (χ2n) is 6.39. The van der Waals surface area contributed by atoms with Crippen molar-refractivity contribution in [2.45, 2.75) is 20.8 Å². The smallest absolute Gasteiger partial charge is 0.250 e. The topological polar surface area (TPSA) is 108 Å². The van der Waals surface area contributed by atoms with Gasteiger partial charge in [-0.15, -0.1) is 10.2 Å². The molecule has 0 atom stereocenters. The Morgan fingerprint density at radius 3 is 2.31 bits per heavy atom. The molecule has 0 saturated carbocycles. The molecule has 0 bridgehead atoms. The Morgan fingerprint density at radius 2 is 1.69 bits per heavy atom. The molecule has 0 unspecified atom stereocenters. The van der Waals surface area contributed by atoms with E-state index in [4.69, 9.17) is 15.3 Å². The highest BCUT2D eigenvalue weighted by Crippen LogP contribution is 2.31. The molecule has 0 saturated heterocycles. The van der Waals surface area contributed by atoms with Gasteiger partial charge in [-0.3, -0.25) is 0 Å². The van der Waals surface area contributed by atoms with Crippen LogP contribution in [-0.4, -0.2) is 15.2 Å². The molecule has 3 rings (SSSR count). The highest BCUT2D eigenvalue weighted by molar-refractivity contribution is 5.58. The molecule has 0 amide bonds. The van der Waals surface area contributed by atoms with Crippen molar-refractivity contribution in [2.24, 2.45) is 0 Å². The molecule has 0 spiro atoms. The first kappa shape index (κ1) is 19.5. The van der Waals surface area contributed by atoms with Gasteiger partial charge in [-0.2, -0.15) is 15.5 Å². The lowest BCUT2D eigenvalue weighted by Crippen LogP contribution is -2.04. The van der Waals surface area contributed by atoms with Gasteiger partial charge in [0.15, 0.2) is 0 Å². The molecule has 7 heteroatoms. The minimum absolute atomic E-state index is 0.291. The predicted octanol–water partition coefficient (Wildman–Crippen LogP) is 4.74. The molecule has 7 nitrogen and oxygen atoms in total. The Hall–Kier alpha value is -4.23. The first-order chi connectivity index (χ1) is 14.0. The summed E-state index contributed by atoms with van der Waals surface area (Å²) in [7, 11) is 0. The summed E-state index contributed by atoms with van der Waals surface area (Å²) in [5.74, 6) is 1.33. The SMILES string of the molecule is Cc1cc(/C=C/C#N)cc(C)c1Oc1nc(Nc2ccc(C#N)cc2)nnc1C. The van der Waals surface area contributed by atoms with Crippen LogP contribution in [0.1, 0.15) is 27.9 Å². The van der Waals surface area contributed by atoms with E-state index in [0.717, 1.165) is 22.4 Å². The van der Waals surface area contributed by atoms with Crippen LogP contribution in [0.5, 0.6) is 11.6 Å². The third-order valence-corrected chi connectivity index (χ3v) is 4.11. The maximum atomic E-state index is 8.89. The average Bonchev–Trinajstić information content (AvgIpc) is 2.72. The number of hydrogen-bond donors (Lipinski definition) is 1. The molecule has 142 valence electrons. The Kier molecular flexibility index (Phi) is 5.82. The number of aromatic nitrogens is 3. The first-order valence-corrected chi connectivity index (χ1v) is 8.84. The first-order valence-electron chi connectivity index (χ1n) is 8.84. The minimum atomic E-state index is 0.291. The van der Waals surface area contributed by atoms with Gasteiger partial charge >= 0.3 is 0 Å². The van der Waals surface area contributed by atoms with Crippen LogP contribution < -0.4 is 10.1 Å². The van der Waals surface area contributed by atoms with E-state index in [0.29, 0.717) is 28.8 Å². The van der Waals surface area contributed by atoms with Crippen LogP contribution in [-0.2, 0) is 0 Å². The van der Waals surface area contributed by atoms with Crippen molar-refractivity contribution >= 4 is 17.7 Å². The van der Waals surface area contributed by atoms with E-state index in [1.165, 1.54) is 6.08 Å². The quantitative estimate of drug-likeness (QED) is 0.635. The Balaban J connectivity index is 1.86. The minimum Gasteiger partial charge on any atom is -0.437 e. The number of benzene rings is 2. The summed E-state index contributed by atoms with van der Waals surface area (Å²) in [4.78, 5) is 4.43. The van der Waals surface area contributed by atoms with Crippen LogP contribution in [0, 0.1) is 43.4 Å². The van der Waals surface area contributed by atoms with Crippen molar-refractivity contribution in [1.82, 2.24) is 15.2 Å². The molecule has 2 aromatic carbocycles. The molecule has 1 aromatic heterocycles. The lowest BCUT2D eigenvalue weighted by molar-refractivity contribution is 0.446. The molecule has 0 aliphatic carbocycles. The van der Waals surface area contributed by atoms with Crippen molar-refractivity contribution < 1.29 is 4.74 Å². The molecule has 1 N–H and O–H groups in total. The van der Waals surface area contributed by atoms with Gasteiger partial charge in [0.25, 0.3) is 0 Å². The summed E-state index contributed by atoms with van der Waals surface area (Å²) in [6.45, 7) is 5.65.